The molecule has 0 aliphatic heterocycles. The number of halogens is 2. The van der Waals surface area contributed by atoms with Gasteiger partial charge in [0.05, 0.1) is 13.2 Å². The molecule has 0 bridgehead atoms. The van der Waals surface area contributed by atoms with Crippen LogP contribution in [0.25, 0.3) is 0 Å². The zero-order valence-electron chi connectivity index (χ0n) is 12.6. The topological polar surface area (TPSA) is 21.3 Å². The van der Waals surface area contributed by atoms with Crippen molar-refractivity contribution in [2.45, 2.75) is 19.9 Å². The average molecular weight is 291 g/mol. The molecule has 0 aromatic heterocycles. The Morgan fingerprint density at radius 2 is 1.76 bits per heavy atom. The van der Waals surface area contributed by atoms with E-state index in [1.165, 1.54) is 6.07 Å². The second kappa shape index (κ2) is 6.22. The lowest BCUT2D eigenvalue weighted by Gasteiger charge is -2.22. The molecular weight excluding hydrogens is 272 g/mol. The summed E-state index contributed by atoms with van der Waals surface area (Å²) in [5.41, 5.74) is 3.13. The van der Waals surface area contributed by atoms with Gasteiger partial charge in [-0.05, 0) is 50.2 Å². The molecule has 1 N–H and O–H groups in total. The van der Waals surface area contributed by atoms with E-state index in [1.54, 1.807) is 14.2 Å². The number of aryl methyl sites for hydroxylation is 1. The van der Waals surface area contributed by atoms with E-state index in [0.717, 1.165) is 28.8 Å². The Morgan fingerprint density at radius 1 is 1.05 bits per heavy atom. The number of benzene rings is 2. The third kappa shape index (κ3) is 2.90. The molecule has 4 heteroatoms. The first kappa shape index (κ1) is 15.4. The third-order valence-electron chi connectivity index (χ3n) is 3.78. The predicted octanol–water partition coefficient (Wildman–Crippen LogP) is 3.90. The highest BCUT2D eigenvalue weighted by molar-refractivity contribution is 5.49. The number of nitrogens with one attached hydrogen (secondary N) is 1. The molecular formula is C17H19F2NO. The van der Waals surface area contributed by atoms with Gasteiger partial charge in [-0.3, -0.25) is 0 Å². The minimum atomic E-state index is -0.477. The van der Waals surface area contributed by atoms with Gasteiger partial charge in [-0.2, -0.15) is 0 Å². The highest BCUT2D eigenvalue weighted by Gasteiger charge is 2.22. The van der Waals surface area contributed by atoms with Gasteiger partial charge in [-0.25, -0.2) is 8.78 Å². The first-order chi connectivity index (χ1) is 9.99. The molecule has 1 unspecified atom stereocenters. The van der Waals surface area contributed by atoms with Crippen LogP contribution in [0.3, 0.4) is 0 Å². The van der Waals surface area contributed by atoms with Gasteiger partial charge in [0.15, 0.2) is 0 Å². The van der Waals surface area contributed by atoms with Crippen molar-refractivity contribution in [1.82, 2.24) is 5.32 Å². The van der Waals surface area contributed by atoms with Gasteiger partial charge in [0.2, 0.25) is 0 Å². The fourth-order valence-corrected chi connectivity index (χ4v) is 2.52. The van der Waals surface area contributed by atoms with E-state index in [9.17, 15) is 8.78 Å². The first-order valence-corrected chi connectivity index (χ1v) is 6.76. The van der Waals surface area contributed by atoms with Crippen LogP contribution < -0.4 is 10.1 Å². The fourth-order valence-electron chi connectivity index (χ4n) is 2.52. The molecule has 21 heavy (non-hydrogen) atoms. The summed E-state index contributed by atoms with van der Waals surface area (Å²) in [6, 6.07) is 6.83. The van der Waals surface area contributed by atoms with Crippen molar-refractivity contribution < 1.29 is 13.5 Å². The Balaban J connectivity index is 2.62. The molecule has 0 aliphatic carbocycles. The second-order valence-corrected chi connectivity index (χ2v) is 5.02. The molecule has 0 amide bonds. The second-order valence-electron chi connectivity index (χ2n) is 5.02. The van der Waals surface area contributed by atoms with Crippen molar-refractivity contribution in [3.05, 3.63) is 64.2 Å². The van der Waals surface area contributed by atoms with Crippen LogP contribution in [0.15, 0.2) is 30.3 Å². The van der Waals surface area contributed by atoms with Crippen LogP contribution in [-0.4, -0.2) is 14.2 Å². The van der Waals surface area contributed by atoms with Crippen molar-refractivity contribution in [1.29, 1.82) is 0 Å². The summed E-state index contributed by atoms with van der Waals surface area (Å²) in [7, 11) is 3.30. The maximum absolute atomic E-state index is 14.1. The van der Waals surface area contributed by atoms with E-state index in [-0.39, 0.29) is 5.56 Å². The Bertz CT molecular complexity index is 655. The summed E-state index contributed by atoms with van der Waals surface area (Å²) in [4.78, 5) is 0. The van der Waals surface area contributed by atoms with Crippen molar-refractivity contribution in [2.24, 2.45) is 0 Å². The zero-order valence-corrected chi connectivity index (χ0v) is 12.6. The molecule has 2 aromatic carbocycles. The molecule has 0 aliphatic rings. The maximum Gasteiger partial charge on any atom is 0.128 e. The van der Waals surface area contributed by atoms with Gasteiger partial charge in [-0.15, -0.1) is 0 Å². The number of hydrogen-bond donors (Lipinski definition) is 1. The van der Waals surface area contributed by atoms with Gasteiger partial charge >= 0.3 is 0 Å². The smallest absolute Gasteiger partial charge is 0.128 e. The summed E-state index contributed by atoms with van der Waals surface area (Å²) < 4.78 is 33.0. The first-order valence-electron chi connectivity index (χ1n) is 6.76. The number of ether oxygens (including phenoxy) is 1. The largest absolute Gasteiger partial charge is 0.496 e. The number of methoxy groups -OCH3 is 1. The normalized spacial score (nSPS) is 12.3. The Labute approximate surface area is 123 Å². The van der Waals surface area contributed by atoms with Crippen molar-refractivity contribution in [3.63, 3.8) is 0 Å². The molecule has 0 saturated heterocycles. The van der Waals surface area contributed by atoms with Crippen molar-refractivity contribution >= 4 is 0 Å². The lowest BCUT2D eigenvalue weighted by atomic mass is 9.94. The van der Waals surface area contributed by atoms with Gasteiger partial charge in [0, 0.05) is 11.1 Å². The van der Waals surface area contributed by atoms with E-state index in [4.69, 9.17) is 4.74 Å². The summed E-state index contributed by atoms with van der Waals surface area (Å²) in [5.74, 6) is -0.219. The highest BCUT2D eigenvalue weighted by atomic mass is 19.1. The summed E-state index contributed by atoms with van der Waals surface area (Å²) >= 11 is 0. The number of hydrogen-bond acceptors (Lipinski definition) is 2. The minimum absolute atomic E-state index is 0.263. The molecule has 0 fully saturated rings. The van der Waals surface area contributed by atoms with Crippen LogP contribution in [0.5, 0.6) is 5.75 Å². The van der Waals surface area contributed by atoms with E-state index in [2.05, 4.69) is 5.32 Å². The Kier molecular flexibility index (Phi) is 4.58. The minimum Gasteiger partial charge on any atom is -0.496 e. The molecule has 2 nitrogen and oxygen atoms in total. The molecule has 0 spiro atoms. The molecule has 2 rings (SSSR count). The fraction of sp³-hybridized carbons (Fsp3) is 0.294. The molecule has 112 valence electrons. The van der Waals surface area contributed by atoms with E-state index < -0.39 is 17.7 Å². The van der Waals surface area contributed by atoms with Crippen LogP contribution in [0.2, 0.25) is 0 Å². The van der Waals surface area contributed by atoms with Crippen molar-refractivity contribution in [2.75, 3.05) is 14.2 Å². The average Bonchev–Trinajstić information content (AvgIpc) is 2.47. The molecule has 2 aromatic rings. The monoisotopic (exact) mass is 291 g/mol. The van der Waals surface area contributed by atoms with Crippen LogP contribution in [0.4, 0.5) is 8.78 Å². The van der Waals surface area contributed by atoms with Gasteiger partial charge < -0.3 is 10.1 Å². The van der Waals surface area contributed by atoms with Crippen LogP contribution in [0.1, 0.15) is 28.3 Å². The third-order valence-corrected chi connectivity index (χ3v) is 3.78. The standard InChI is InChI=1S/C17H19F2NO/c1-10-5-7-13(17(21-4)11(10)2)16(20-3)14-9-12(18)6-8-15(14)19/h5-9,16,20H,1-4H3. The maximum atomic E-state index is 14.1. The lowest BCUT2D eigenvalue weighted by Crippen LogP contribution is -2.20. The van der Waals surface area contributed by atoms with E-state index in [1.807, 2.05) is 26.0 Å². The van der Waals surface area contributed by atoms with Crippen LogP contribution in [-0.2, 0) is 0 Å². The molecule has 0 radical (unpaired) electrons. The van der Waals surface area contributed by atoms with Gasteiger partial charge in [0.25, 0.3) is 0 Å². The summed E-state index contributed by atoms with van der Waals surface area (Å²) in [6.07, 6.45) is 0. The number of rotatable bonds is 4. The zero-order chi connectivity index (χ0) is 15.6. The lowest BCUT2D eigenvalue weighted by molar-refractivity contribution is 0.401. The molecule has 1 atom stereocenters. The quantitative estimate of drug-likeness (QED) is 0.922. The highest BCUT2D eigenvalue weighted by Crippen LogP contribution is 2.35. The molecule has 0 saturated carbocycles. The van der Waals surface area contributed by atoms with E-state index >= 15 is 0 Å². The Hall–Kier alpha value is -1.94. The SMILES string of the molecule is CNC(c1cc(F)ccc1F)c1ccc(C)c(C)c1OC. The summed E-state index contributed by atoms with van der Waals surface area (Å²) in [6.45, 7) is 3.94. The van der Waals surface area contributed by atoms with Gasteiger partial charge in [-0.1, -0.05) is 12.1 Å². The van der Waals surface area contributed by atoms with Gasteiger partial charge in [0.1, 0.15) is 17.4 Å². The van der Waals surface area contributed by atoms with Crippen LogP contribution in [0, 0.1) is 25.5 Å². The predicted molar refractivity (Wildman–Crippen MR) is 79.7 cm³/mol. The van der Waals surface area contributed by atoms with Crippen molar-refractivity contribution in [3.8, 4) is 5.75 Å². The summed E-state index contributed by atoms with van der Waals surface area (Å²) in [5, 5.41) is 3.04. The van der Waals surface area contributed by atoms with Crippen LogP contribution >= 0.6 is 0 Å². The molecule has 0 heterocycles. The van der Waals surface area contributed by atoms with E-state index in [0.29, 0.717) is 5.75 Å². The Morgan fingerprint density at radius 3 is 2.38 bits per heavy atom.